The van der Waals surface area contributed by atoms with Crippen LogP contribution in [0.5, 0.6) is 11.5 Å². The number of halogens is 1. The van der Waals surface area contributed by atoms with Gasteiger partial charge >= 0.3 is 0 Å². The molecule has 1 aliphatic heterocycles. The van der Waals surface area contributed by atoms with Crippen LogP contribution >= 0.6 is 23.4 Å². The summed E-state index contributed by atoms with van der Waals surface area (Å²) in [4.78, 5) is 24.2. The second-order valence-electron chi connectivity index (χ2n) is 5.87. The molecule has 0 saturated carbocycles. The van der Waals surface area contributed by atoms with Crippen LogP contribution in [0.15, 0.2) is 41.3 Å². The van der Waals surface area contributed by atoms with E-state index in [-0.39, 0.29) is 17.6 Å². The Labute approximate surface area is 166 Å². The van der Waals surface area contributed by atoms with Gasteiger partial charge in [-0.3, -0.25) is 9.59 Å². The third-order valence-electron chi connectivity index (χ3n) is 3.66. The molecule has 0 bridgehead atoms. The van der Waals surface area contributed by atoms with Crippen molar-refractivity contribution in [1.82, 2.24) is 0 Å². The molecule has 8 heteroatoms. The molecule has 6 nitrogen and oxygen atoms in total. The largest absolute Gasteiger partial charge is 0.490 e. The first-order chi connectivity index (χ1) is 13.0. The average molecular weight is 407 g/mol. The van der Waals surface area contributed by atoms with Crippen LogP contribution < -0.4 is 20.1 Å². The lowest BCUT2D eigenvalue weighted by Gasteiger charge is -2.12. The molecular weight excluding hydrogens is 388 g/mol. The Hall–Kier alpha value is -2.38. The standard InChI is InChI=1S/C19H19ClN2O4S/c1-12(23)21-13-3-5-14(6-4-13)27-11-19(24)22-16-10-18-17(9-15(16)20)25-7-2-8-26-18/h3-6,9-10H,2,7-8,11H2,1H3,(H,21,23)(H,22,24). The SMILES string of the molecule is CC(=O)Nc1ccc(SCC(=O)Nc2cc3c(cc2Cl)OCCCO3)cc1. The molecule has 0 spiro atoms. The number of thioether (sulfide) groups is 1. The molecule has 2 amide bonds. The molecule has 2 N–H and O–H groups in total. The van der Waals surface area contributed by atoms with Gasteiger partial charge < -0.3 is 20.1 Å². The summed E-state index contributed by atoms with van der Waals surface area (Å²) in [6.07, 6.45) is 0.797. The van der Waals surface area contributed by atoms with Crippen LogP contribution in [0.4, 0.5) is 11.4 Å². The first-order valence-electron chi connectivity index (χ1n) is 8.41. The highest BCUT2D eigenvalue weighted by molar-refractivity contribution is 8.00. The molecule has 0 atom stereocenters. The van der Waals surface area contributed by atoms with E-state index >= 15 is 0 Å². The number of carbonyl (C=O) groups excluding carboxylic acids is 2. The maximum Gasteiger partial charge on any atom is 0.234 e. The van der Waals surface area contributed by atoms with Gasteiger partial charge in [-0.15, -0.1) is 11.8 Å². The molecule has 3 rings (SSSR count). The van der Waals surface area contributed by atoms with Crippen molar-refractivity contribution in [2.24, 2.45) is 0 Å². The van der Waals surface area contributed by atoms with Gasteiger partial charge in [-0.2, -0.15) is 0 Å². The maximum atomic E-state index is 12.3. The summed E-state index contributed by atoms with van der Waals surface area (Å²) < 4.78 is 11.2. The zero-order valence-electron chi connectivity index (χ0n) is 14.7. The van der Waals surface area contributed by atoms with Crippen molar-refractivity contribution in [3.05, 3.63) is 41.4 Å². The summed E-state index contributed by atoms with van der Waals surface area (Å²) in [5.74, 6) is 1.09. The average Bonchev–Trinajstić information content (AvgIpc) is 2.86. The number of ether oxygens (including phenoxy) is 2. The minimum atomic E-state index is -0.178. The van der Waals surface area contributed by atoms with Crippen LogP contribution in [0, 0.1) is 0 Å². The number of hydrogen-bond donors (Lipinski definition) is 2. The first-order valence-corrected chi connectivity index (χ1v) is 9.77. The fourth-order valence-electron chi connectivity index (χ4n) is 2.45. The lowest BCUT2D eigenvalue weighted by atomic mass is 10.2. The van der Waals surface area contributed by atoms with Gasteiger partial charge in [0.1, 0.15) is 0 Å². The van der Waals surface area contributed by atoms with Crippen LogP contribution in [0.2, 0.25) is 5.02 Å². The zero-order valence-corrected chi connectivity index (χ0v) is 16.3. The zero-order chi connectivity index (χ0) is 19.2. The number of amides is 2. The molecule has 2 aromatic carbocycles. The number of rotatable bonds is 5. The minimum Gasteiger partial charge on any atom is -0.490 e. The minimum absolute atomic E-state index is 0.123. The lowest BCUT2D eigenvalue weighted by Crippen LogP contribution is -2.14. The van der Waals surface area contributed by atoms with Gasteiger partial charge in [0.05, 0.1) is 29.7 Å². The lowest BCUT2D eigenvalue weighted by molar-refractivity contribution is -0.114. The molecule has 1 heterocycles. The van der Waals surface area contributed by atoms with Gasteiger partial charge in [0.25, 0.3) is 0 Å². The Morgan fingerprint density at radius 1 is 1.07 bits per heavy atom. The van der Waals surface area contributed by atoms with Crippen molar-refractivity contribution < 1.29 is 19.1 Å². The Bertz CT molecular complexity index is 842. The third kappa shape index (κ3) is 5.55. The van der Waals surface area contributed by atoms with Crippen molar-refractivity contribution >= 4 is 46.6 Å². The summed E-state index contributed by atoms with van der Waals surface area (Å²) in [5.41, 5.74) is 1.21. The monoisotopic (exact) mass is 406 g/mol. The van der Waals surface area contributed by atoms with E-state index in [9.17, 15) is 9.59 Å². The summed E-state index contributed by atoms with van der Waals surface area (Å²) >= 11 is 7.63. The first kappa shape index (κ1) is 19.4. The molecule has 27 heavy (non-hydrogen) atoms. The second kappa shape index (κ2) is 9.01. The molecule has 0 saturated heterocycles. The number of nitrogens with one attached hydrogen (secondary N) is 2. The Morgan fingerprint density at radius 3 is 2.41 bits per heavy atom. The summed E-state index contributed by atoms with van der Waals surface area (Å²) in [7, 11) is 0. The Kier molecular flexibility index (Phi) is 6.47. The Morgan fingerprint density at radius 2 is 1.74 bits per heavy atom. The van der Waals surface area contributed by atoms with Crippen LogP contribution in [0.1, 0.15) is 13.3 Å². The Balaban J connectivity index is 1.58. The van der Waals surface area contributed by atoms with E-state index < -0.39 is 0 Å². The van der Waals surface area contributed by atoms with Crippen LogP contribution in [0.25, 0.3) is 0 Å². The quantitative estimate of drug-likeness (QED) is 0.728. The number of anilines is 2. The second-order valence-corrected chi connectivity index (χ2v) is 7.33. The number of fused-ring (bicyclic) bond motifs is 1. The predicted octanol–water partition coefficient (Wildman–Crippen LogP) is 4.19. The van der Waals surface area contributed by atoms with Crippen molar-refractivity contribution in [3.8, 4) is 11.5 Å². The van der Waals surface area contributed by atoms with E-state index in [4.69, 9.17) is 21.1 Å². The van der Waals surface area contributed by atoms with E-state index in [0.29, 0.717) is 35.4 Å². The molecule has 0 unspecified atom stereocenters. The summed E-state index contributed by atoms with van der Waals surface area (Å²) in [6.45, 7) is 2.59. The number of benzene rings is 2. The van der Waals surface area contributed by atoms with Gasteiger partial charge in [-0.25, -0.2) is 0 Å². The van der Waals surface area contributed by atoms with E-state index in [1.165, 1.54) is 18.7 Å². The highest BCUT2D eigenvalue weighted by Crippen LogP contribution is 2.37. The van der Waals surface area contributed by atoms with Gasteiger partial charge in [0.15, 0.2) is 11.5 Å². The molecule has 0 aliphatic carbocycles. The van der Waals surface area contributed by atoms with E-state index in [1.807, 2.05) is 12.1 Å². The topological polar surface area (TPSA) is 76.7 Å². The third-order valence-corrected chi connectivity index (χ3v) is 4.98. The van der Waals surface area contributed by atoms with Gasteiger partial charge in [0, 0.05) is 36.1 Å². The van der Waals surface area contributed by atoms with Gasteiger partial charge in [0.2, 0.25) is 11.8 Å². The fourth-order valence-corrected chi connectivity index (χ4v) is 3.35. The summed E-state index contributed by atoms with van der Waals surface area (Å²) in [5, 5.41) is 5.91. The van der Waals surface area contributed by atoms with E-state index in [0.717, 1.165) is 17.0 Å². The summed E-state index contributed by atoms with van der Waals surface area (Å²) in [6, 6.07) is 10.6. The van der Waals surface area contributed by atoms with Crippen LogP contribution in [-0.2, 0) is 9.59 Å². The molecule has 1 aliphatic rings. The van der Waals surface area contributed by atoms with Crippen molar-refractivity contribution in [3.63, 3.8) is 0 Å². The highest BCUT2D eigenvalue weighted by atomic mass is 35.5. The highest BCUT2D eigenvalue weighted by Gasteiger charge is 2.15. The molecule has 0 fully saturated rings. The maximum absolute atomic E-state index is 12.3. The normalized spacial score (nSPS) is 12.8. The van der Waals surface area contributed by atoms with Gasteiger partial charge in [-0.1, -0.05) is 11.6 Å². The number of hydrogen-bond acceptors (Lipinski definition) is 5. The number of carbonyl (C=O) groups is 2. The van der Waals surface area contributed by atoms with Crippen LogP contribution in [-0.4, -0.2) is 30.8 Å². The van der Waals surface area contributed by atoms with Crippen molar-refractivity contribution in [2.45, 2.75) is 18.2 Å². The molecule has 142 valence electrons. The van der Waals surface area contributed by atoms with Crippen molar-refractivity contribution in [2.75, 3.05) is 29.6 Å². The molecule has 2 aromatic rings. The molecule has 0 aromatic heterocycles. The van der Waals surface area contributed by atoms with E-state index in [1.54, 1.807) is 24.3 Å². The smallest absolute Gasteiger partial charge is 0.234 e. The van der Waals surface area contributed by atoms with Gasteiger partial charge in [-0.05, 0) is 24.3 Å². The molecular formula is C19H19ClN2O4S. The van der Waals surface area contributed by atoms with Crippen molar-refractivity contribution in [1.29, 1.82) is 0 Å². The van der Waals surface area contributed by atoms with Crippen LogP contribution in [0.3, 0.4) is 0 Å². The predicted molar refractivity (Wildman–Crippen MR) is 107 cm³/mol. The van der Waals surface area contributed by atoms with E-state index in [2.05, 4.69) is 10.6 Å². The molecule has 0 radical (unpaired) electrons. The fraction of sp³-hybridized carbons (Fsp3) is 0.263.